The SMILES string of the molecule is CC(=O)OC1CCC(C=CC(Cc2cccc(C)c2)OC2CCCCO2)C1C/C=C\CCCc1nnn[nH]1. The summed E-state index contributed by atoms with van der Waals surface area (Å²) in [6, 6.07) is 8.62. The number of rotatable bonds is 13. The summed E-state index contributed by atoms with van der Waals surface area (Å²) in [5, 5.41) is 14.0. The quantitative estimate of drug-likeness (QED) is 0.212. The molecule has 1 aliphatic heterocycles. The normalized spacial score (nSPS) is 24.8. The molecule has 8 heteroatoms. The molecule has 1 N–H and O–H groups in total. The first-order chi connectivity index (χ1) is 18.6. The van der Waals surface area contributed by atoms with E-state index in [9.17, 15) is 4.79 Å². The molecule has 2 fully saturated rings. The van der Waals surface area contributed by atoms with Crippen molar-refractivity contribution in [3.05, 3.63) is 65.5 Å². The molecule has 0 amide bonds. The molecule has 1 saturated heterocycles. The van der Waals surface area contributed by atoms with Gasteiger partial charge in [-0.15, -0.1) is 5.10 Å². The lowest BCUT2D eigenvalue weighted by Gasteiger charge is -2.27. The second kappa shape index (κ2) is 14.9. The van der Waals surface area contributed by atoms with Gasteiger partial charge in [0.05, 0.1) is 6.10 Å². The highest BCUT2D eigenvalue weighted by molar-refractivity contribution is 5.66. The van der Waals surface area contributed by atoms with Crippen LogP contribution in [0.4, 0.5) is 0 Å². The van der Waals surface area contributed by atoms with Gasteiger partial charge < -0.3 is 14.2 Å². The number of aromatic amines is 1. The monoisotopic (exact) mass is 522 g/mol. The number of nitrogens with zero attached hydrogens (tertiary/aromatic N) is 3. The van der Waals surface area contributed by atoms with E-state index in [-0.39, 0.29) is 30.4 Å². The fraction of sp³-hybridized carbons (Fsp3) is 0.600. The van der Waals surface area contributed by atoms with Gasteiger partial charge in [0.1, 0.15) is 11.9 Å². The number of carbonyl (C=O) groups is 1. The number of nitrogens with one attached hydrogen (secondary N) is 1. The Morgan fingerprint density at radius 1 is 1.24 bits per heavy atom. The molecule has 5 atom stereocenters. The van der Waals surface area contributed by atoms with Crippen LogP contribution in [0.2, 0.25) is 0 Å². The lowest BCUT2D eigenvalue weighted by Crippen LogP contribution is -2.28. The maximum Gasteiger partial charge on any atom is 0.302 e. The minimum absolute atomic E-state index is 0.0510. The van der Waals surface area contributed by atoms with E-state index in [4.69, 9.17) is 14.2 Å². The summed E-state index contributed by atoms with van der Waals surface area (Å²) in [5.74, 6) is 1.20. The van der Waals surface area contributed by atoms with Gasteiger partial charge in [0, 0.05) is 32.3 Å². The van der Waals surface area contributed by atoms with E-state index in [1.54, 1.807) is 0 Å². The van der Waals surface area contributed by atoms with Crippen molar-refractivity contribution in [2.75, 3.05) is 6.61 Å². The van der Waals surface area contributed by atoms with Crippen LogP contribution in [0.25, 0.3) is 0 Å². The molecule has 0 spiro atoms. The van der Waals surface area contributed by atoms with Crippen molar-refractivity contribution < 1.29 is 19.0 Å². The van der Waals surface area contributed by atoms with Crippen LogP contribution in [0.3, 0.4) is 0 Å². The van der Waals surface area contributed by atoms with E-state index in [0.717, 1.165) is 76.6 Å². The molecule has 0 bridgehead atoms. The van der Waals surface area contributed by atoms with E-state index in [1.807, 2.05) is 0 Å². The molecule has 8 nitrogen and oxygen atoms in total. The Morgan fingerprint density at radius 3 is 2.92 bits per heavy atom. The van der Waals surface area contributed by atoms with Crippen LogP contribution in [0.5, 0.6) is 0 Å². The zero-order chi connectivity index (χ0) is 26.6. The smallest absolute Gasteiger partial charge is 0.302 e. The Bertz CT molecular complexity index is 1030. The fourth-order valence-electron chi connectivity index (χ4n) is 5.54. The van der Waals surface area contributed by atoms with Gasteiger partial charge in [0.2, 0.25) is 0 Å². The van der Waals surface area contributed by atoms with E-state index in [2.05, 4.69) is 76.1 Å². The number of hydrogen-bond donors (Lipinski definition) is 1. The minimum atomic E-state index is -0.204. The summed E-state index contributed by atoms with van der Waals surface area (Å²) in [7, 11) is 0. The molecule has 2 aliphatic rings. The predicted octanol–water partition coefficient (Wildman–Crippen LogP) is 5.45. The van der Waals surface area contributed by atoms with Gasteiger partial charge >= 0.3 is 5.97 Å². The summed E-state index contributed by atoms with van der Waals surface area (Å²) in [5.41, 5.74) is 2.52. The Balaban J connectivity index is 1.38. The van der Waals surface area contributed by atoms with E-state index < -0.39 is 0 Å². The molecule has 206 valence electrons. The van der Waals surface area contributed by atoms with Crippen molar-refractivity contribution in [3.63, 3.8) is 0 Å². The molecule has 2 heterocycles. The second-order valence-electron chi connectivity index (χ2n) is 10.5. The summed E-state index contributed by atoms with van der Waals surface area (Å²) in [6.07, 6.45) is 18.3. The Kier molecular flexibility index (Phi) is 11.1. The number of benzene rings is 1. The van der Waals surface area contributed by atoms with Crippen LogP contribution in [0.15, 0.2) is 48.6 Å². The standard InChI is InChI=1S/C30H42N4O4/c1-22-10-9-11-24(20-22)21-26(38-30-14-7-8-19-36-30)17-15-25-16-18-28(37-23(2)35)27(25)12-5-3-4-6-13-29-31-33-34-32-29/h3,5,9-11,15,17,20,25-28,30H,4,6-8,12-14,16,18-19,21H2,1-2H3,(H,31,32,33,34)/b5-3-,17-15?. The number of carbonyl (C=O) groups excluding carboxylic acids is 1. The topological polar surface area (TPSA) is 99.2 Å². The maximum atomic E-state index is 11.8. The van der Waals surface area contributed by atoms with Crippen LogP contribution in [-0.2, 0) is 31.8 Å². The zero-order valence-electron chi connectivity index (χ0n) is 22.8. The van der Waals surface area contributed by atoms with E-state index in [1.165, 1.54) is 18.1 Å². The van der Waals surface area contributed by atoms with Gasteiger partial charge in [-0.05, 0) is 80.2 Å². The largest absolute Gasteiger partial charge is 0.462 e. The molecular weight excluding hydrogens is 480 g/mol. The summed E-state index contributed by atoms with van der Waals surface area (Å²) in [6.45, 7) is 4.39. The van der Waals surface area contributed by atoms with Crippen molar-refractivity contribution in [1.82, 2.24) is 20.6 Å². The van der Waals surface area contributed by atoms with Crippen molar-refractivity contribution in [1.29, 1.82) is 0 Å². The fourth-order valence-corrected chi connectivity index (χ4v) is 5.54. The Hall–Kier alpha value is -2.84. The number of hydrogen-bond acceptors (Lipinski definition) is 7. The highest BCUT2D eigenvalue weighted by Gasteiger charge is 2.36. The summed E-state index contributed by atoms with van der Waals surface area (Å²) < 4.78 is 18.1. The highest BCUT2D eigenvalue weighted by Crippen LogP contribution is 2.38. The van der Waals surface area contributed by atoms with Gasteiger partial charge in [-0.2, -0.15) is 0 Å². The number of ether oxygens (including phenoxy) is 3. The molecule has 4 rings (SSSR count). The lowest BCUT2D eigenvalue weighted by atomic mass is 9.90. The third-order valence-corrected chi connectivity index (χ3v) is 7.43. The van der Waals surface area contributed by atoms with Gasteiger partial charge in [-0.25, -0.2) is 5.10 Å². The number of aryl methyl sites for hydroxylation is 2. The van der Waals surface area contributed by atoms with Crippen LogP contribution >= 0.6 is 0 Å². The number of unbranched alkanes of at least 4 members (excludes halogenated alkanes) is 1. The van der Waals surface area contributed by atoms with Crippen LogP contribution in [-0.4, -0.2) is 51.7 Å². The van der Waals surface area contributed by atoms with Gasteiger partial charge in [-0.3, -0.25) is 4.79 Å². The Morgan fingerprint density at radius 2 is 2.16 bits per heavy atom. The third-order valence-electron chi connectivity index (χ3n) is 7.43. The highest BCUT2D eigenvalue weighted by atomic mass is 16.7. The number of tetrazole rings is 1. The summed E-state index contributed by atoms with van der Waals surface area (Å²) in [4.78, 5) is 11.8. The van der Waals surface area contributed by atoms with Crippen molar-refractivity contribution in [3.8, 4) is 0 Å². The van der Waals surface area contributed by atoms with Crippen LogP contribution in [0, 0.1) is 18.8 Å². The molecule has 5 unspecified atom stereocenters. The van der Waals surface area contributed by atoms with Crippen LogP contribution < -0.4 is 0 Å². The van der Waals surface area contributed by atoms with Gasteiger partial charge in [0.25, 0.3) is 0 Å². The molecule has 2 aromatic rings. The minimum Gasteiger partial charge on any atom is -0.462 e. The zero-order valence-corrected chi connectivity index (χ0v) is 22.8. The average Bonchev–Trinajstić information content (AvgIpc) is 3.55. The molecule has 1 aromatic heterocycles. The van der Waals surface area contributed by atoms with Crippen molar-refractivity contribution in [2.24, 2.45) is 11.8 Å². The first-order valence-corrected chi connectivity index (χ1v) is 14.1. The molecule has 38 heavy (non-hydrogen) atoms. The van der Waals surface area contributed by atoms with Crippen molar-refractivity contribution >= 4 is 5.97 Å². The molecule has 1 aromatic carbocycles. The molecule has 0 radical (unpaired) electrons. The van der Waals surface area contributed by atoms with Gasteiger partial charge in [-0.1, -0.05) is 54.1 Å². The first-order valence-electron chi connectivity index (χ1n) is 14.1. The molecule has 1 saturated carbocycles. The predicted molar refractivity (Wildman–Crippen MR) is 145 cm³/mol. The Labute approximate surface area is 226 Å². The molecular formula is C30H42N4O4. The lowest BCUT2D eigenvalue weighted by molar-refractivity contribution is -0.178. The van der Waals surface area contributed by atoms with Gasteiger partial charge in [0.15, 0.2) is 6.29 Å². The van der Waals surface area contributed by atoms with Crippen molar-refractivity contribution in [2.45, 2.75) is 96.6 Å². The third kappa shape index (κ3) is 9.17. The number of aromatic nitrogens is 4. The number of allylic oxidation sites excluding steroid dienone is 3. The summed E-state index contributed by atoms with van der Waals surface area (Å²) >= 11 is 0. The van der Waals surface area contributed by atoms with E-state index in [0.29, 0.717) is 5.92 Å². The average molecular weight is 523 g/mol. The first kappa shape index (κ1) is 28.2. The maximum absolute atomic E-state index is 11.8. The number of H-pyrrole nitrogens is 1. The van der Waals surface area contributed by atoms with E-state index >= 15 is 0 Å². The van der Waals surface area contributed by atoms with Crippen LogP contribution in [0.1, 0.15) is 75.2 Å². The second-order valence-corrected chi connectivity index (χ2v) is 10.5. The molecule has 1 aliphatic carbocycles. The number of esters is 1.